The van der Waals surface area contributed by atoms with Crippen molar-refractivity contribution >= 4 is 10.0 Å². The summed E-state index contributed by atoms with van der Waals surface area (Å²) in [4.78, 5) is 0. The highest BCUT2D eigenvalue weighted by Crippen LogP contribution is 2.31. The Bertz CT molecular complexity index is 825. The van der Waals surface area contributed by atoms with Crippen molar-refractivity contribution in [2.24, 2.45) is 0 Å². The Kier molecular flexibility index (Phi) is 4.95. The molecule has 0 atom stereocenters. The van der Waals surface area contributed by atoms with Gasteiger partial charge in [0.2, 0.25) is 10.0 Å². The number of sulfonamides is 1. The molecule has 0 radical (unpaired) electrons. The Morgan fingerprint density at radius 3 is 2.54 bits per heavy atom. The summed E-state index contributed by atoms with van der Waals surface area (Å²) >= 11 is 0. The number of para-hydroxylation sites is 1. The van der Waals surface area contributed by atoms with Gasteiger partial charge >= 0.3 is 0 Å². The molecule has 2 aromatic rings. The highest BCUT2D eigenvalue weighted by Gasteiger charge is 2.41. The number of nitrogens with zero attached hydrogens (tertiary/aromatic N) is 4. The highest BCUT2D eigenvalue weighted by atomic mass is 32.2. The van der Waals surface area contributed by atoms with Crippen molar-refractivity contribution in [2.75, 3.05) is 13.1 Å². The van der Waals surface area contributed by atoms with E-state index in [1.807, 2.05) is 36.5 Å². The number of hydrogen-bond donors (Lipinski definition) is 0. The number of benzene rings is 1. The maximum atomic E-state index is 12.7. The van der Waals surface area contributed by atoms with Crippen molar-refractivity contribution in [1.82, 2.24) is 19.3 Å². The van der Waals surface area contributed by atoms with E-state index in [1.54, 1.807) is 8.99 Å². The molecule has 2 fully saturated rings. The molecule has 0 unspecified atom stereocenters. The van der Waals surface area contributed by atoms with Gasteiger partial charge in [0.1, 0.15) is 18.1 Å². The summed E-state index contributed by atoms with van der Waals surface area (Å²) in [5.41, 5.74) is 0.738. The SMILES string of the molecule is O=S(=O)(C1CCCCC1)N1CC(n2cc(COc3ccccc3)nn2)C1. The summed E-state index contributed by atoms with van der Waals surface area (Å²) < 4.78 is 34.4. The van der Waals surface area contributed by atoms with E-state index in [1.165, 1.54) is 0 Å². The average molecular weight is 376 g/mol. The molecule has 140 valence electrons. The molecule has 1 saturated heterocycles. The lowest BCUT2D eigenvalue weighted by Crippen LogP contribution is -2.53. The van der Waals surface area contributed by atoms with Crippen molar-refractivity contribution in [3.63, 3.8) is 0 Å². The average Bonchev–Trinajstić information content (AvgIpc) is 3.09. The topological polar surface area (TPSA) is 77.3 Å². The van der Waals surface area contributed by atoms with Crippen LogP contribution in [0.25, 0.3) is 0 Å². The zero-order valence-corrected chi connectivity index (χ0v) is 15.5. The standard InChI is InChI=1S/C18H24N4O3S/c23-26(24,18-9-5-2-6-10-18)21-12-16(13-21)22-11-15(19-20-22)14-25-17-7-3-1-4-8-17/h1,3-4,7-8,11,16,18H,2,5-6,9-10,12-14H2. The first-order valence-corrected chi connectivity index (χ1v) is 10.7. The third-order valence-electron chi connectivity index (χ3n) is 5.22. The van der Waals surface area contributed by atoms with E-state index in [0.29, 0.717) is 19.7 Å². The predicted molar refractivity (Wildman–Crippen MR) is 97.2 cm³/mol. The van der Waals surface area contributed by atoms with Gasteiger partial charge in [-0.25, -0.2) is 13.1 Å². The molecular weight excluding hydrogens is 352 g/mol. The lowest BCUT2D eigenvalue weighted by Gasteiger charge is -2.40. The largest absolute Gasteiger partial charge is 0.487 e. The van der Waals surface area contributed by atoms with Gasteiger partial charge in [0.15, 0.2) is 0 Å². The van der Waals surface area contributed by atoms with Crippen LogP contribution in [0.4, 0.5) is 0 Å². The highest BCUT2D eigenvalue weighted by molar-refractivity contribution is 7.89. The Hall–Kier alpha value is -1.93. The second-order valence-corrected chi connectivity index (χ2v) is 9.28. The second-order valence-electron chi connectivity index (χ2n) is 7.07. The molecular formula is C18H24N4O3S. The van der Waals surface area contributed by atoms with E-state index in [4.69, 9.17) is 4.74 Å². The zero-order valence-electron chi connectivity index (χ0n) is 14.7. The molecule has 0 bridgehead atoms. The normalized spacial score (nSPS) is 20.0. The summed E-state index contributed by atoms with van der Waals surface area (Å²) in [7, 11) is -3.16. The van der Waals surface area contributed by atoms with Gasteiger partial charge in [0, 0.05) is 13.1 Å². The quantitative estimate of drug-likeness (QED) is 0.773. The number of hydrogen-bond acceptors (Lipinski definition) is 5. The minimum atomic E-state index is -3.16. The van der Waals surface area contributed by atoms with Crippen LogP contribution in [0.2, 0.25) is 0 Å². The fourth-order valence-corrected chi connectivity index (χ4v) is 5.71. The number of aromatic nitrogens is 3. The van der Waals surface area contributed by atoms with Gasteiger partial charge in [-0.05, 0) is 25.0 Å². The van der Waals surface area contributed by atoms with Crippen molar-refractivity contribution in [1.29, 1.82) is 0 Å². The van der Waals surface area contributed by atoms with E-state index >= 15 is 0 Å². The van der Waals surface area contributed by atoms with Crippen LogP contribution in [-0.4, -0.2) is 46.1 Å². The van der Waals surface area contributed by atoms with E-state index in [9.17, 15) is 8.42 Å². The summed E-state index contributed by atoms with van der Waals surface area (Å²) in [6, 6.07) is 9.62. The van der Waals surface area contributed by atoms with Crippen molar-refractivity contribution in [2.45, 2.75) is 50.0 Å². The molecule has 0 spiro atoms. The Morgan fingerprint density at radius 2 is 1.81 bits per heavy atom. The molecule has 8 heteroatoms. The smallest absolute Gasteiger partial charge is 0.217 e. The summed E-state index contributed by atoms with van der Waals surface area (Å²) in [6.45, 7) is 1.32. The van der Waals surface area contributed by atoms with Gasteiger partial charge in [-0.2, -0.15) is 4.31 Å². The first-order valence-electron chi connectivity index (χ1n) is 9.20. The molecule has 1 aliphatic heterocycles. The van der Waals surface area contributed by atoms with Gasteiger partial charge in [-0.1, -0.05) is 42.7 Å². The van der Waals surface area contributed by atoms with Gasteiger partial charge in [0.25, 0.3) is 0 Å². The third-order valence-corrected chi connectivity index (χ3v) is 7.56. The van der Waals surface area contributed by atoms with Crippen molar-refractivity contribution < 1.29 is 13.2 Å². The van der Waals surface area contributed by atoms with Crippen LogP contribution >= 0.6 is 0 Å². The van der Waals surface area contributed by atoms with Crippen LogP contribution in [0, 0.1) is 0 Å². The maximum absolute atomic E-state index is 12.7. The monoisotopic (exact) mass is 376 g/mol. The lowest BCUT2D eigenvalue weighted by molar-refractivity contribution is 0.185. The van der Waals surface area contributed by atoms with Crippen LogP contribution in [0.1, 0.15) is 43.8 Å². The molecule has 1 aliphatic carbocycles. The molecule has 0 amide bonds. The summed E-state index contributed by atoms with van der Waals surface area (Å²) in [5.74, 6) is 0.787. The van der Waals surface area contributed by atoms with E-state index in [0.717, 1.165) is 43.5 Å². The number of rotatable bonds is 6. The molecule has 7 nitrogen and oxygen atoms in total. The molecule has 1 aromatic heterocycles. The number of ether oxygens (including phenoxy) is 1. The predicted octanol–water partition coefficient (Wildman–Crippen LogP) is 2.38. The van der Waals surface area contributed by atoms with Crippen molar-refractivity contribution in [3.05, 3.63) is 42.2 Å². The minimum absolute atomic E-state index is 0.0614. The summed E-state index contributed by atoms with van der Waals surface area (Å²) in [5, 5.41) is 8.08. The fraction of sp³-hybridized carbons (Fsp3) is 0.556. The summed E-state index contributed by atoms with van der Waals surface area (Å²) in [6.07, 6.45) is 6.64. The van der Waals surface area contributed by atoms with Gasteiger partial charge in [0.05, 0.1) is 17.5 Å². The molecule has 0 N–H and O–H groups in total. The van der Waals surface area contributed by atoms with Gasteiger partial charge in [-0.15, -0.1) is 5.10 Å². The molecule has 26 heavy (non-hydrogen) atoms. The van der Waals surface area contributed by atoms with Crippen molar-refractivity contribution in [3.8, 4) is 5.75 Å². The van der Waals surface area contributed by atoms with E-state index < -0.39 is 10.0 Å². The first kappa shape index (κ1) is 17.5. The fourth-order valence-electron chi connectivity index (χ4n) is 3.60. The lowest BCUT2D eigenvalue weighted by atomic mass is 10.0. The van der Waals surface area contributed by atoms with E-state index in [2.05, 4.69) is 10.3 Å². The van der Waals surface area contributed by atoms with Crippen LogP contribution < -0.4 is 4.74 Å². The van der Waals surface area contributed by atoms with Gasteiger partial charge < -0.3 is 4.74 Å². The zero-order chi connectivity index (χ0) is 18.0. The van der Waals surface area contributed by atoms with Gasteiger partial charge in [-0.3, -0.25) is 0 Å². The molecule has 2 heterocycles. The second kappa shape index (κ2) is 7.36. The van der Waals surface area contributed by atoms with Crippen LogP contribution in [-0.2, 0) is 16.6 Å². The Morgan fingerprint density at radius 1 is 1.08 bits per heavy atom. The van der Waals surface area contributed by atoms with Crippen LogP contribution in [0.3, 0.4) is 0 Å². The molecule has 1 saturated carbocycles. The van der Waals surface area contributed by atoms with Crippen LogP contribution in [0.5, 0.6) is 5.75 Å². The Balaban J connectivity index is 1.31. The molecule has 1 aromatic carbocycles. The van der Waals surface area contributed by atoms with Crippen LogP contribution in [0.15, 0.2) is 36.5 Å². The third kappa shape index (κ3) is 3.61. The Labute approximate surface area is 154 Å². The molecule has 2 aliphatic rings. The minimum Gasteiger partial charge on any atom is -0.487 e. The maximum Gasteiger partial charge on any atom is 0.217 e. The molecule has 4 rings (SSSR count). The first-order chi connectivity index (χ1) is 12.6. The van der Waals surface area contributed by atoms with E-state index in [-0.39, 0.29) is 11.3 Å².